The quantitative estimate of drug-likeness (QED) is 0.607. The predicted molar refractivity (Wildman–Crippen MR) is 107 cm³/mol. The number of aliphatic hydroxyl groups excluding tert-OH is 1. The average Bonchev–Trinajstić information content (AvgIpc) is 2.71. The molecule has 0 aliphatic heterocycles. The van der Waals surface area contributed by atoms with Gasteiger partial charge in [0.05, 0.1) is 11.0 Å². The second-order valence-corrected chi connectivity index (χ2v) is 8.02. The fourth-order valence-electron chi connectivity index (χ4n) is 2.74. The molecule has 1 heterocycles. The minimum absolute atomic E-state index is 0.0801. The van der Waals surface area contributed by atoms with Crippen LogP contribution < -0.4 is 9.88 Å². The lowest BCUT2D eigenvalue weighted by Crippen LogP contribution is -2.18. The highest BCUT2D eigenvalue weighted by Crippen LogP contribution is 2.23. The topological polar surface area (TPSA) is 103 Å². The van der Waals surface area contributed by atoms with Crippen molar-refractivity contribution in [3.05, 3.63) is 78.6 Å². The molecule has 28 heavy (non-hydrogen) atoms. The van der Waals surface area contributed by atoms with E-state index in [4.69, 9.17) is 9.88 Å². The maximum atomic E-state index is 11.3. The molecule has 1 aromatic heterocycles. The summed E-state index contributed by atoms with van der Waals surface area (Å²) in [5.74, 6) is 0.658. The molecule has 0 amide bonds. The Morgan fingerprint density at radius 1 is 1.00 bits per heavy atom. The smallest absolute Gasteiger partial charge is 0.238 e. The largest absolute Gasteiger partial charge is 0.491 e. The van der Waals surface area contributed by atoms with Gasteiger partial charge in [0.2, 0.25) is 10.0 Å². The van der Waals surface area contributed by atoms with Crippen LogP contribution >= 0.6 is 0 Å². The lowest BCUT2D eigenvalue weighted by molar-refractivity contribution is 0.100. The van der Waals surface area contributed by atoms with Gasteiger partial charge in [-0.05, 0) is 59.9 Å². The van der Waals surface area contributed by atoms with Gasteiger partial charge in [-0.2, -0.15) is 0 Å². The molecule has 0 saturated heterocycles. The minimum atomic E-state index is -3.69. The molecular weight excluding hydrogens is 376 g/mol. The van der Waals surface area contributed by atoms with Crippen molar-refractivity contribution in [3.63, 3.8) is 0 Å². The number of aliphatic hydroxyl groups is 1. The van der Waals surface area contributed by atoms with Gasteiger partial charge in [-0.1, -0.05) is 30.3 Å². The number of sulfonamides is 1. The van der Waals surface area contributed by atoms with Crippen LogP contribution in [0, 0.1) is 0 Å². The third-order valence-corrected chi connectivity index (χ3v) is 5.23. The first-order valence-electron chi connectivity index (χ1n) is 8.85. The summed E-state index contributed by atoms with van der Waals surface area (Å²) in [4.78, 5) is 4.14. The number of hydrogen-bond donors (Lipinski definition) is 2. The van der Waals surface area contributed by atoms with Crippen molar-refractivity contribution in [1.29, 1.82) is 0 Å². The van der Waals surface area contributed by atoms with Crippen LogP contribution in [0.4, 0.5) is 0 Å². The van der Waals surface area contributed by atoms with Gasteiger partial charge in [-0.3, -0.25) is 4.98 Å². The SMILES string of the molecule is NS(=O)(=O)c1ccc(-c2ccc(OCC(O)CCc3cccnc3)cc2)cc1. The van der Waals surface area contributed by atoms with Crippen molar-refractivity contribution in [2.75, 3.05) is 6.61 Å². The molecule has 0 aliphatic carbocycles. The van der Waals surface area contributed by atoms with Gasteiger partial charge >= 0.3 is 0 Å². The van der Waals surface area contributed by atoms with E-state index >= 15 is 0 Å². The molecule has 0 spiro atoms. The maximum absolute atomic E-state index is 11.3. The summed E-state index contributed by atoms with van der Waals surface area (Å²) in [6.07, 6.45) is 4.29. The van der Waals surface area contributed by atoms with E-state index in [2.05, 4.69) is 4.98 Å². The first-order chi connectivity index (χ1) is 13.4. The van der Waals surface area contributed by atoms with Gasteiger partial charge in [0.25, 0.3) is 0 Å². The van der Waals surface area contributed by atoms with Crippen molar-refractivity contribution >= 4 is 10.0 Å². The fraction of sp³-hybridized carbons (Fsp3) is 0.190. The van der Waals surface area contributed by atoms with Crippen LogP contribution in [0.5, 0.6) is 5.75 Å². The zero-order chi connectivity index (χ0) is 20.0. The number of primary sulfonamides is 1. The Labute approximate surface area is 164 Å². The first kappa shape index (κ1) is 20.0. The Balaban J connectivity index is 1.53. The van der Waals surface area contributed by atoms with Gasteiger partial charge in [0.15, 0.2) is 0 Å². The van der Waals surface area contributed by atoms with Crippen molar-refractivity contribution in [3.8, 4) is 16.9 Å². The Morgan fingerprint density at radius 3 is 2.21 bits per heavy atom. The van der Waals surface area contributed by atoms with Crippen LogP contribution in [0.3, 0.4) is 0 Å². The third-order valence-electron chi connectivity index (χ3n) is 4.30. The fourth-order valence-corrected chi connectivity index (χ4v) is 3.25. The van der Waals surface area contributed by atoms with Gasteiger partial charge in [0, 0.05) is 12.4 Å². The van der Waals surface area contributed by atoms with E-state index in [9.17, 15) is 13.5 Å². The van der Waals surface area contributed by atoms with Crippen LogP contribution in [0.1, 0.15) is 12.0 Å². The molecule has 0 bridgehead atoms. The van der Waals surface area contributed by atoms with E-state index in [-0.39, 0.29) is 11.5 Å². The van der Waals surface area contributed by atoms with E-state index in [1.54, 1.807) is 24.5 Å². The third kappa shape index (κ3) is 5.63. The average molecular weight is 398 g/mol. The number of nitrogens with zero attached hydrogens (tertiary/aromatic N) is 1. The number of pyridine rings is 1. The molecule has 0 aliphatic rings. The Kier molecular flexibility index (Phi) is 6.41. The van der Waals surface area contributed by atoms with Crippen molar-refractivity contribution in [2.45, 2.75) is 23.8 Å². The monoisotopic (exact) mass is 398 g/mol. The Bertz CT molecular complexity index is 989. The number of nitrogens with two attached hydrogens (primary N) is 1. The molecule has 0 fully saturated rings. The molecule has 0 radical (unpaired) electrons. The Morgan fingerprint density at radius 2 is 1.64 bits per heavy atom. The lowest BCUT2D eigenvalue weighted by Gasteiger charge is -2.13. The van der Waals surface area contributed by atoms with Crippen LogP contribution in [0.15, 0.2) is 78.0 Å². The zero-order valence-corrected chi connectivity index (χ0v) is 16.0. The summed E-state index contributed by atoms with van der Waals surface area (Å²) in [6.45, 7) is 0.211. The van der Waals surface area contributed by atoms with Crippen LogP contribution in [-0.2, 0) is 16.4 Å². The molecule has 3 aromatic rings. The summed E-state index contributed by atoms with van der Waals surface area (Å²) in [6, 6.07) is 17.6. The van der Waals surface area contributed by atoms with Gasteiger partial charge in [-0.15, -0.1) is 0 Å². The molecule has 3 N–H and O–H groups in total. The summed E-state index contributed by atoms with van der Waals surface area (Å²) in [5, 5.41) is 15.2. The molecular formula is C21H22N2O4S. The molecule has 3 rings (SSSR count). The first-order valence-corrected chi connectivity index (χ1v) is 10.4. The number of ether oxygens (including phenoxy) is 1. The summed E-state index contributed by atoms with van der Waals surface area (Å²) in [5.41, 5.74) is 2.88. The standard InChI is InChI=1S/C21H22N2O4S/c22-28(25,26)21-11-6-18(7-12-21)17-4-9-20(10-5-17)27-15-19(24)8-3-16-2-1-13-23-14-16/h1-2,4-7,9-14,19,24H,3,8,15H2,(H2,22,25,26). The van der Waals surface area contributed by atoms with E-state index < -0.39 is 16.1 Å². The second kappa shape index (κ2) is 8.97. The predicted octanol–water partition coefficient (Wildman–Crippen LogP) is 2.77. The molecule has 6 nitrogen and oxygen atoms in total. The van der Waals surface area contributed by atoms with Crippen molar-refractivity contribution in [2.24, 2.45) is 5.14 Å². The normalized spacial score (nSPS) is 12.5. The number of aromatic nitrogens is 1. The summed E-state index contributed by atoms with van der Waals surface area (Å²) >= 11 is 0. The highest BCUT2D eigenvalue weighted by Gasteiger charge is 2.08. The number of hydrogen-bond acceptors (Lipinski definition) is 5. The highest BCUT2D eigenvalue weighted by molar-refractivity contribution is 7.89. The molecule has 2 aromatic carbocycles. The number of benzene rings is 2. The lowest BCUT2D eigenvalue weighted by atomic mass is 10.1. The molecule has 1 unspecified atom stereocenters. The van der Waals surface area contributed by atoms with Crippen molar-refractivity contribution < 1.29 is 18.3 Å². The van der Waals surface area contributed by atoms with E-state index in [0.29, 0.717) is 12.2 Å². The van der Waals surface area contributed by atoms with E-state index in [1.807, 2.05) is 36.4 Å². The van der Waals surface area contributed by atoms with Gasteiger partial charge in [-0.25, -0.2) is 13.6 Å². The zero-order valence-electron chi connectivity index (χ0n) is 15.2. The van der Waals surface area contributed by atoms with E-state index in [0.717, 1.165) is 23.1 Å². The Hall–Kier alpha value is -2.74. The van der Waals surface area contributed by atoms with Gasteiger partial charge < -0.3 is 9.84 Å². The minimum Gasteiger partial charge on any atom is -0.491 e. The number of rotatable bonds is 8. The van der Waals surface area contributed by atoms with Crippen LogP contribution in [0.25, 0.3) is 11.1 Å². The summed E-state index contributed by atoms with van der Waals surface area (Å²) < 4.78 is 28.3. The summed E-state index contributed by atoms with van der Waals surface area (Å²) in [7, 11) is -3.69. The van der Waals surface area contributed by atoms with E-state index in [1.165, 1.54) is 12.1 Å². The van der Waals surface area contributed by atoms with Crippen LogP contribution in [0.2, 0.25) is 0 Å². The van der Waals surface area contributed by atoms with Gasteiger partial charge in [0.1, 0.15) is 12.4 Å². The molecule has 0 saturated carbocycles. The second-order valence-electron chi connectivity index (χ2n) is 6.46. The molecule has 146 valence electrons. The van der Waals surface area contributed by atoms with Crippen LogP contribution in [-0.4, -0.2) is 31.2 Å². The molecule has 7 heteroatoms. The van der Waals surface area contributed by atoms with Crippen molar-refractivity contribution in [1.82, 2.24) is 4.98 Å². The highest BCUT2D eigenvalue weighted by atomic mass is 32.2. The number of aryl methyl sites for hydroxylation is 1. The molecule has 1 atom stereocenters. The maximum Gasteiger partial charge on any atom is 0.238 e.